The van der Waals surface area contributed by atoms with E-state index in [9.17, 15) is 22.4 Å². The van der Waals surface area contributed by atoms with Gasteiger partial charge in [-0.2, -0.15) is 18.3 Å². The number of rotatable bonds is 9. The lowest BCUT2D eigenvalue weighted by molar-refractivity contribution is -0.141. The van der Waals surface area contributed by atoms with Gasteiger partial charge in [0.1, 0.15) is 5.82 Å². The average molecular weight is 581 g/mol. The van der Waals surface area contributed by atoms with Crippen molar-refractivity contribution in [2.45, 2.75) is 70.9 Å². The predicted octanol–water partition coefficient (Wildman–Crippen LogP) is 6.38. The smallest absolute Gasteiger partial charge is 0.345 e. The number of carbonyl (C=O) groups is 1. The van der Waals surface area contributed by atoms with Crippen molar-refractivity contribution < 1.29 is 22.4 Å². The highest BCUT2D eigenvalue weighted by atomic mass is 19.4. The Morgan fingerprint density at radius 3 is 2.52 bits per heavy atom. The van der Waals surface area contributed by atoms with Crippen LogP contribution >= 0.6 is 0 Å². The lowest BCUT2D eigenvalue weighted by Gasteiger charge is -2.20. The molecular formula is C31H32F4N6O. The molecule has 11 heteroatoms. The molecule has 42 heavy (non-hydrogen) atoms. The van der Waals surface area contributed by atoms with Crippen molar-refractivity contribution in [2.75, 3.05) is 0 Å². The van der Waals surface area contributed by atoms with Gasteiger partial charge in [0.2, 0.25) is 5.62 Å². The lowest BCUT2D eigenvalue weighted by Crippen LogP contribution is -2.30. The van der Waals surface area contributed by atoms with E-state index in [2.05, 4.69) is 10.4 Å². The predicted molar refractivity (Wildman–Crippen MR) is 148 cm³/mol. The normalized spacial score (nSPS) is 16.0. The molecular weight excluding hydrogens is 548 g/mol. The van der Waals surface area contributed by atoms with E-state index in [1.165, 1.54) is 23.0 Å². The summed E-state index contributed by atoms with van der Waals surface area (Å²) in [4.78, 5) is 13.7. The summed E-state index contributed by atoms with van der Waals surface area (Å²) in [5, 5.41) is 15.4. The minimum Gasteiger partial charge on any atom is -0.345 e. The second-order valence-corrected chi connectivity index (χ2v) is 11.3. The molecule has 2 aliphatic carbocycles. The zero-order chi connectivity index (χ0) is 29.8. The summed E-state index contributed by atoms with van der Waals surface area (Å²) in [6, 6.07) is 9.49. The van der Waals surface area contributed by atoms with Gasteiger partial charge >= 0.3 is 6.18 Å². The molecule has 0 saturated heterocycles. The van der Waals surface area contributed by atoms with Gasteiger partial charge in [0, 0.05) is 42.3 Å². The fourth-order valence-corrected chi connectivity index (χ4v) is 5.48. The molecule has 1 amide bonds. The van der Waals surface area contributed by atoms with E-state index in [4.69, 9.17) is 5.41 Å². The highest BCUT2D eigenvalue weighted by Gasteiger charge is 2.38. The van der Waals surface area contributed by atoms with E-state index in [-0.39, 0.29) is 47.6 Å². The first kappa shape index (κ1) is 28.0. The zero-order valence-electron chi connectivity index (χ0n) is 23.4. The van der Waals surface area contributed by atoms with Gasteiger partial charge in [-0.1, -0.05) is 12.1 Å². The fourth-order valence-electron chi connectivity index (χ4n) is 5.48. The number of aryl methyl sites for hydroxylation is 2. The van der Waals surface area contributed by atoms with Crippen LogP contribution in [-0.4, -0.2) is 24.8 Å². The fraction of sp³-hybridized carbons (Fsp3) is 0.387. The number of nitrogens with one attached hydrogen (secondary N) is 2. The Bertz CT molecular complexity index is 1710. The molecule has 0 unspecified atom stereocenters. The third-order valence-corrected chi connectivity index (χ3v) is 8.06. The summed E-state index contributed by atoms with van der Waals surface area (Å²) in [5.41, 5.74) is 1.45. The van der Waals surface area contributed by atoms with Crippen LogP contribution < -0.4 is 10.9 Å². The van der Waals surface area contributed by atoms with E-state index in [1.54, 1.807) is 48.9 Å². The maximum absolute atomic E-state index is 14.0. The molecule has 2 aromatic carbocycles. The van der Waals surface area contributed by atoms with Crippen molar-refractivity contribution in [1.82, 2.24) is 24.2 Å². The zero-order valence-corrected chi connectivity index (χ0v) is 23.4. The summed E-state index contributed by atoms with van der Waals surface area (Å²) in [6.07, 6.45) is 4.15. The van der Waals surface area contributed by atoms with Crippen LogP contribution in [0.3, 0.4) is 0 Å². The number of amides is 1. The van der Waals surface area contributed by atoms with Crippen LogP contribution in [0.5, 0.6) is 0 Å². The van der Waals surface area contributed by atoms with E-state index in [1.807, 2.05) is 10.8 Å². The molecule has 0 radical (unpaired) electrons. The molecule has 2 fully saturated rings. The highest BCUT2D eigenvalue weighted by molar-refractivity contribution is 5.96. The first-order chi connectivity index (χ1) is 20.0. The summed E-state index contributed by atoms with van der Waals surface area (Å²) >= 11 is 0. The summed E-state index contributed by atoms with van der Waals surface area (Å²) < 4.78 is 60.9. The van der Waals surface area contributed by atoms with Gasteiger partial charge in [-0.15, -0.1) is 0 Å². The molecule has 0 aliphatic heterocycles. The number of nitrogens with zero attached hydrogens (tertiary/aromatic N) is 4. The van der Waals surface area contributed by atoms with E-state index in [0.29, 0.717) is 22.8 Å². The largest absolute Gasteiger partial charge is 0.435 e. The SMILES string of the molecule is CCn1cc(-c2cc(Cn3ccn(C4CC4)c3=N)cc(C(=O)N[C@H](c3ccc(F)c(C)c3)C3CC3)c2)c(C(F)(F)F)n1. The molecule has 2 aliphatic rings. The van der Waals surface area contributed by atoms with Crippen LogP contribution in [0.25, 0.3) is 11.1 Å². The molecule has 2 N–H and O–H groups in total. The highest BCUT2D eigenvalue weighted by Crippen LogP contribution is 2.42. The molecule has 6 rings (SSSR count). The Balaban J connectivity index is 1.40. The molecule has 2 aromatic heterocycles. The Labute approximate surface area is 240 Å². The van der Waals surface area contributed by atoms with Crippen LogP contribution in [0.15, 0.2) is 55.0 Å². The van der Waals surface area contributed by atoms with Crippen molar-refractivity contribution in [3.8, 4) is 11.1 Å². The molecule has 2 saturated carbocycles. The van der Waals surface area contributed by atoms with Crippen molar-refractivity contribution in [1.29, 1.82) is 5.41 Å². The Kier molecular flexibility index (Phi) is 7.06. The molecule has 0 bridgehead atoms. The number of hydrogen-bond acceptors (Lipinski definition) is 3. The maximum atomic E-state index is 14.0. The monoisotopic (exact) mass is 580 g/mol. The number of aromatic nitrogens is 4. The molecule has 1 atom stereocenters. The van der Waals surface area contributed by atoms with Gasteiger partial charge in [-0.3, -0.25) is 14.9 Å². The van der Waals surface area contributed by atoms with E-state index < -0.39 is 17.8 Å². The Morgan fingerprint density at radius 2 is 1.88 bits per heavy atom. The molecule has 4 aromatic rings. The quantitative estimate of drug-likeness (QED) is 0.225. The Morgan fingerprint density at radius 1 is 1.12 bits per heavy atom. The maximum Gasteiger partial charge on any atom is 0.435 e. The number of hydrogen-bond donors (Lipinski definition) is 2. The number of imidazole rings is 1. The van der Waals surface area contributed by atoms with Gasteiger partial charge in [0.15, 0.2) is 5.69 Å². The summed E-state index contributed by atoms with van der Waals surface area (Å²) in [7, 11) is 0. The summed E-state index contributed by atoms with van der Waals surface area (Å²) in [5.74, 6) is -0.559. The standard InChI is InChI=1S/C31H32F4N6O/c1-3-40-17-25(28(38-40)31(33,34)35)22-13-19(16-39-10-11-41(30(39)36)24-7-8-24)14-23(15-22)29(42)37-27(20-4-5-20)21-6-9-26(32)18(2)12-21/h6,9-15,17,20,24,27,36H,3-5,7-8,16H2,1-2H3,(H,37,42)/t27-/m0/s1. The van der Waals surface area contributed by atoms with E-state index >= 15 is 0 Å². The van der Waals surface area contributed by atoms with Gasteiger partial charge < -0.3 is 14.5 Å². The van der Waals surface area contributed by atoms with Crippen molar-refractivity contribution >= 4 is 5.91 Å². The third-order valence-electron chi connectivity index (χ3n) is 8.06. The Hall–Kier alpha value is -4.15. The van der Waals surface area contributed by atoms with E-state index in [0.717, 1.165) is 31.2 Å². The first-order valence-corrected chi connectivity index (χ1v) is 14.2. The van der Waals surface area contributed by atoms with Crippen LogP contribution in [0.2, 0.25) is 0 Å². The van der Waals surface area contributed by atoms with Crippen LogP contribution in [-0.2, 0) is 19.3 Å². The minimum absolute atomic E-state index is 0.111. The van der Waals surface area contributed by atoms with Crippen molar-refractivity contribution in [3.63, 3.8) is 0 Å². The van der Waals surface area contributed by atoms with Crippen LogP contribution in [0.4, 0.5) is 17.6 Å². The van der Waals surface area contributed by atoms with Gasteiger partial charge in [-0.05, 0) is 92.0 Å². The number of carbonyl (C=O) groups excluding carboxylic acids is 1. The van der Waals surface area contributed by atoms with Crippen molar-refractivity contribution in [3.05, 3.63) is 94.4 Å². The third kappa shape index (κ3) is 5.64. The summed E-state index contributed by atoms with van der Waals surface area (Å²) in [6.45, 7) is 3.84. The first-order valence-electron chi connectivity index (χ1n) is 14.2. The van der Waals surface area contributed by atoms with Crippen molar-refractivity contribution in [2.24, 2.45) is 5.92 Å². The second kappa shape index (κ2) is 10.6. The van der Waals surface area contributed by atoms with Crippen LogP contribution in [0, 0.1) is 24.1 Å². The molecule has 220 valence electrons. The second-order valence-electron chi connectivity index (χ2n) is 11.3. The van der Waals surface area contributed by atoms with Gasteiger partial charge in [-0.25, -0.2) is 4.39 Å². The number of halogens is 4. The lowest BCUT2D eigenvalue weighted by atomic mass is 9.97. The average Bonchev–Trinajstić information content (AvgIpc) is 3.89. The molecule has 2 heterocycles. The molecule has 0 spiro atoms. The van der Waals surface area contributed by atoms with Gasteiger partial charge in [0.25, 0.3) is 5.91 Å². The number of alkyl halides is 3. The minimum atomic E-state index is -4.68. The molecule has 7 nitrogen and oxygen atoms in total. The van der Waals surface area contributed by atoms with Crippen LogP contribution in [0.1, 0.15) is 77.4 Å². The topological polar surface area (TPSA) is 80.6 Å². The van der Waals surface area contributed by atoms with Gasteiger partial charge in [0.05, 0.1) is 12.6 Å². The number of benzene rings is 2.